The van der Waals surface area contributed by atoms with Gasteiger partial charge in [0.2, 0.25) is 0 Å². The van der Waals surface area contributed by atoms with Crippen molar-refractivity contribution in [2.75, 3.05) is 9.80 Å². The van der Waals surface area contributed by atoms with Crippen LogP contribution in [0.2, 0.25) is 0 Å². The van der Waals surface area contributed by atoms with E-state index >= 15 is 0 Å². The second-order valence-corrected chi connectivity index (χ2v) is 14.2. The minimum atomic E-state index is 1.07. The van der Waals surface area contributed by atoms with E-state index in [0.717, 1.165) is 50.9 Å². The first-order valence-electron chi connectivity index (χ1n) is 19.4. The number of rotatable bonds is 9. The smallest absolute Gasteiger partial charge is 0.0702 e. The molecule has 10 aromatic rings. The summed E-state index contributed by atoms with van der Waals surface area (Å²) in [5, 5.41) is 2.49. The lowest BCUT2D eigenvalue weighted by atomic mass is 10.0. The molecule has 0 bridgehead atoms. The number of nitrogens with zero attached hydrogens (tertiary/aromatic N) is 3. The molecule has 0 N–H and O–H groups in total. The molecule has 0 spiro atoms. The van der Waals surface area contributed by atoms with E-state index in [1.54, 1.807) is 0 Å². The number of anilines is 6. The summed E-state index contributed by atoms with van der Waals surface area (Å²) >= 11 is 0. The van der Waals surface area contributed by atoms with Gasteiger partial charge < -0.3 is 14.4 Å². The molecule has 0 fully saturated rings. The van der Waals surface area contributed by atoms with E-state index in [1.807, 2.05) is 0 Å². The highest BCUT2D eigenvalue weighted by Crippen LogP contribution is 2.46. The van der Waals surface area contributed by atoms with Gasteiger partial charge in [0.05, 0.1) is 22.4 Å². The molecule has 1 aromatic heterocycles. The molecule has 1 heterocycles. The molecule has 270 valence electrons. The zero-order valence-corrected chi connectivity index (χ0v) is 31.4. The summed E-state index contributed by atoms with van der Waals surface area (Å²) in [6.07, 6.45) is 0. The highest BCUT2D eigenvalue weighted by atomic mass is 15.2. The molecule has 3 heteroatoms. The van der Waals surface area contributed by atoms with E-state index in [-0.39, 0.29) is 0 Å². The van der Waals surface area contributed by atoms with Gasteiger partial charge in [-0.3, -0.25) is 0 Å². The van der Waals surface area contributed by atoms with E-state index in [4.69, 9.17) is 0 Å². The van der Waals surface area contributed by atoms with Crippen LogP contribution in [0, 0.1) is 0 Å². The van der Waals surface area contributed by atoms with E-state index in [0.29, 0.717) is 0 Å². The van der Waals surface area contributed by atoms with Crippen molar-refractivity contribution in [3.05, 3.63) is 237 Å². The Hall–Kier alpha value is -7.62. The zero-order chi connectivity index (χ0) is 38.0. The van der Waals surface area contributed by atoms with Crippen LogP contribution in [0.15, 0.2) is 237 Å². The van der Waals surface area contributed by atoms with Crippen LogP contribution in [0.5, 0.6) is 0 Å². The molecule has 0 radical (unpaired) electrons. The Bertz CT molecular complexity index is 2940. The van der Waals surface area contributed by atoms with Crippen LogP contribution < -0.4 is 9.80 Å². The van der Waals surface area contributed by atoms with E-state index in [2.05, 4.69) is 251 Å². The molecule has 0 aliphatic rings. The molecule has 0 aliphatic heterocycles. The van der Waals surface area contributed by atoms with E-state index in [1.165, 1.54) is 32.9 Å². The summed E-state index contributed by atoms with van der Waals surface area (Å²) < 4.78 is 2.38. The van der Waals surface area contributed by atoms with Crippen LogP contribution in [-0.2, 0) is 0 Å². The highest BCUT2D eigenvalue weighted by Gasteiger charge is 2.22. The first-order chi connectivity index (χ1) is 28.3. The van der Waals surface area contributed by atoms with Crippen LogP contribution in [0.25, 0.3) is 49.7 Å². The summed E-state index contributed by atoms with van der Waals surface area (Å²) in [6, 6.07) is 84.7. The second-order valence-electron chi connectivity index (χ2n) is 14.2. The normalized spacial score (nSPS) is 11.2. The van der Waals surface area contributed by atoms with Crippen molar-refractivity contribution >= 4 is 55.9 Å². The minimum absolute atomic E-state index is 1.07. The molecule has 0 saturated carbocycles. The summed E-state index contributed by atoms with van der Waals surface area (Å²) in [7, 11) is 0. The van der Waals surface area contributed by atoms with Gasteiger partial charge in [0.15, 0.2) is 0 Å². The Morgan fingerprint density at radius 3 is 1.37 bits per heavy atom. The topological polar surface area (TPSA) is 11.4 Å². The maximum atomic E-state index is 2.38. The molecule has 9 aromatic carbocycles. The fourth-order valence-electron chi connectivity index (χ4n) is 8.11. The summed E-state index contributed by atoms with van der Waals surface area (Å²) in [4.78, 5) is 4.74. The molecule has 0 aliphatic carbocycles. The minimum Gasteiger partial charge on any atom is -0.309 e. The third kappa shape index (κ3) is 6.41. The Balaban J connectivity index is 1.12. The zero-order valence-electron chi connectivity index (χ0n) is 31.4. The predicted molar refractivity (Wildman–Crippen MR) is 241 cm³/mol. The number of hydrogen-bond donors (Lipinski definition) is 0. The lowest BCUT2D eigenvalue weighted by Gasteiger charge is -2.33. The molecule has 0 unspecified atom stereocenters. The van der Waals surface area contributed by atoms with Crippen molar-refractivity contribution in [3.63, 3.8) is 0 Å². The maximum absolute atomic E-state index is 2.38. The number of benzene rings is 9. The van der Waals surface area contributed by atoms with Crippen LogP contribution in [0.1, 0.15) is 0 Å². The third-order valence-electron chi connectivity index (χ3n) is 10.8. The molecule has 0 amide bonds. The molecule has 3 nitrogen and oxygen atoms in total. The summed E-state index contributed by atoms with van der Waals surface area (Å²) in [5.41, 5.74) is 14.7. The van der Waals surface area contributed by atoms with Crippen molar-refractivity contribution in [1.82, 2.24) is 4.57 Å². The Morgan fingerprint density at radius 2 is 0.702 bits per heavy atom. The Kier molecular flexibility index (Phi) is 8.86. The van der Waals surface area contributed by atoms with E-state index < -0.39 is 0 Å². The van der Waals surface area contributed by atoms with Crippen molar-refractivity contribution in [2.24, 2.45) is 0 Å². The lowest BCUT2D eigenvalue weighted by Crippen LogP contribution is -2.17. The van der Waals surface area contributed by atoms with Gasteiger partial charge >= 0.3 is 0 Å². The van der Waals surface area contributed by atoms with Crippen molar-refractivity contribution in [3.8, 4) is 27.9 Å². The van der Waals surface area contributed by atoms with Gasteiger partial charge in [-0.25, -0.2) is 0 Å². The number of hydrogen-bond acceptors (Lipinski definition) is 2. The second kappa shape index (κ2) is 14.9. The average Bonchev–Trinajstić information content (AvgIpc) is 3.62. The fourth-order valence-corrected chi connectivity index (χ4v) is 8.11. The van der Waals surface area contributed by atoms with Gasteiger partial charge in [-0.05, 0) is 107 Å². The largest absolute Gasteiger partial charge is 0.309 e. The predicted octanol–water partition coefficient (Wildman–Crippen LogP) is 15.1. The van der Waals surface area contributed by atoms with Gasteiger partial charge in [0, 0.05) is 39.2 Å². The molecule has 0 atom stereocenters. The van der Waals surface area contributed by atoms with Crippen molar-refractivity contribution in [2.45, 2.75) is 0 Å². The molecule has 0 saturated heterocycles. The van der Waals surface area contributed by atoms with Gasteiger partial charge in [0.1, 0.15) is 0 Å². The lowest BCUT2D eigenvalue weighted by molar-refractivity contribution is 1.18. The first kappa shape index (κ1) is 33.9. The fraction of sp³-hybridized carbons (Fsp3) is 0. The molecular formula is C54H39N3. The number of aromatic nitrogens is 1. The standard InChI is InChI=1S/C54H39N3/c1-5-18-40(19-6-1)41-32-35-47(36-33-41)55(44-21-7-2-8-22-44)52-30-15-16-31-53(52)56(45-23-9-3-10-24-45)48-27-17-20-42(38-48)43-34-37-50-49-28-13-14-29-51(49)57(54(50)39-43)46-25-11-4-12-26-46/h1-39H. The monoisotopic (exact) mass is 729 g/mol. The van der Waals surface area contributed by atoms with Gasteiger partial charge in [0.25, 0.3) is 0 Å². The van der Waals surface area contributed by atoms with Crippen LogP contribution in [0.3, 0.4) is 0 Å². The van der Waals surface area contributed by atoms with Gasteiger partial charge in [-0.15, -0.1) is 0 Å². The van der Waals surface area contributed by atoms with Gasteiger partial charge in [-0.1, -0.05) is 152 Å². The average molecular weight is 730 g/mol. The Morgan fingerprint density at radius 1 is 0.263 bits per heavy atom. The van der Waals surface area contributed by atoms with Crippen molar-refractivity contribution < 1.29 is 0 Å². The first-order valence-corrected chi connectivity index (χ1v) is 19.4. The van der Waals surface area contributed by atoms with E-state index in [9.17, 15) is 0 Å². The quantitative estimate of drug-likeness (QED) is 0.147. The third-order valence-corrected chi connectivity index (χ3v) is 10.8. The summed E-state index contributed by atoms with van der Waals surface area (Å²) in [5.74, 6) is 0. The number of para-hydroxylation sites is 6. The SMILES string of the molecule is c1ccc(-c2ccc(N(c3ccccc3)c3ccccc3N(c3ccccc3)c3cccc(-c4ccc5c6ccccc6n(-c6ccccc6)c5c4)c3)cc2)cc1. The van der Waals surface area contributed by atoms with Crippen molar-refractivity contribution in [1.29, 1.82) is 0 Å². The van der Waals surface area contributed by atoms with Crippen LogP contribution >= 0.6 is 0 Å². The Labute approximate surface area is 333 Å². The molecular weight excluding hydrogens is 691 g/mol. The maximum Gasteiger partial charge on any atom is 0.0702 e. The number of fused-ring (bicyclic) bond motifs is 3. The molecule has 10 rings (SSSR count). The highest BCUT2D eigenvalue weighted by molar-refractivity contribution is 6.10. The van der Waals surface area contributed by atoms with Crippen LogP contribution in [-0.4, -0.2) is 4.57 Å². The summed E-state index contributed by atoms with van der Waals surface area (Å²) in [6.45, 7) is 0. The van der Waals surface area contributed by atoms with Gasteiger partial charge in [-0.2, -0.15) is 0 Å². The molecule has 57 heavy (non-hydrogen) atoms. The van der Waals surface area contributed by atoms with Crippen LogP contribution in [0.4, 0.5) is 34.1 Å².